The van der Waals surface area contributed by atoms with Crippen molar-refractivity contribution >= 4 is 7.82 Å². The molecule has 27 heavy (non-hydrogen) atoms. The number of aliphatic hydroxyl groups excluding tert-OH is 7. The summed E-state index contributed by atoms with van der Waals surface area (Å²) in [5.74, 6) is 0. The number of aliphatic hydroxyl groups is 7. The molecule has 0 aromatic rings. The van der Waals surface area contributed by atoms with E-state index in [2.05, 4.69) is 4.52 Å². The van der Waals surface area contributed by atoms with Crippen LogP contribution in [-0.4, -0.2) is 120 Å². The highest BCUT2D eigenvalue weighted by molar-refractivity contribution is 7.46. The maximum Gasteiger partial charge on any atom is 0.472 e. The molecule has 2 saturated heterocycles. The Morgan fingerprint density at radius 1 is 0.741 bits per heavy atom. The Morgan fingerprint density at radius 3 is 1.74 bits per heavy atom. The van der Waals surface area contributed by atoms with Crippen LogP contribution in [0.1, 0.15) is 0 Å². The molecule has 14 nitrogen and oxygen atoms in total. The van der Waals surface area contributed by atoms with Gasteiger partial charge >= 0.3 is 7.82 Å². The number of ether oxygens (including phenoxy) is 3. The number of rotatable bonds is 6. The van der Waals surface area contributed by atoms with Gasteiger partial charge in [-0.1, -0.05) is 0 Å². The van der Waals surface area contributed by atoms with E-state index in [1.807, 2.05) is 0 Å². The molecule has 0 saturated carbocycles. The molecule has 2 heterocycles. The lowest BCUT2D eigenvalue weighted by Crippen LogP contribution is -2.61. The van der Waals surface area contributed by atoms with E-state index in [4.69, 9.17) is 29.1 Å². The van der Waals surface area contributed by atoms with Crippen molar-refractivity contribution in [2.75, 3.05) is 13.2 Å². The van der Waals surface area contributed by atoms with E-state index < -0.39 is 82.4 Å². The van der Waals surface area contributed by atoms with Gasteiger partial charge in [-0.2, -0.15) is 0 Å². The van der Waals surface area contributed by atoms with E-state index in [9.17, 15) is 35.2 Å². The molecule has 2 aliphatic rings. The molecular formula is C12H23O14P. The van der Waals surface area contributed by atoms with Crippen LogP contribution in [0, 0.1) is 0 Å². The van der Waals surface area contributed by atoms with Crippen molar-refractivity contribution in [3.05, 3.63) is 0 Å². The molecule has 0 aliphatic carbocycles. The van der Waals surface area contributed by atoms with Gasteiger partial charge in [-0.05, 0) is 0 Å². The third-order valence-electron chi connectivity index (χ3n) is 4.18. The maximum atomic E-state index is 10.9. The standard InChI is InChI=1S/C12H23O14P/c13-1-3-5(14)7(16)9(18)11(24-3)23-2-4-6(15)8(17)10(19)12(25-4)26-27(20,21)22/h3-19H,1-2H2,(H2,20,21,22)/t3-,4-,5+,6-,7+,8+,9-,10-,11+,12+/m1/s1. The van der Waals surface area contributed by atoms with Crippen molar-refractivity contribution in [1.29, 1.82) is 0 Å². The maximum absolute atomic E-state index is 10.9. The lowest BCUT2D eigenvalue weighted by molar-refractivity contribution is -0.323. The van der Waals surface area contributed by atoms with Gasteiger partial charge in [0.1, 0.15) is 48.8 Å². The second-order valence-corrected chi connectivity index (χ2v) is 7.33. The van der Waals surface area contributed by atoms with Crippen LogP contribution in [0.3, 0.4) is 0 Å². The van der Waals surface area contributed by atoms with Gasteiger partial charge < -0.3 is 59.7 Å². The van der Waals surface area contributed by atoms with Gasteiger partial charge in [0.05, 0.1) is 13.2 Å². The van der Waals surface area contributed by atoms with Crippen LogP contribution in [-0.2, 0) is 23.3 Å². The summed E-state index contributed by atoms with van der Waals surface area (Å²) >= 11 is 0. The molecule has 10 atom stereocenters. The largest absolute Gasteiger partial charge is 0.472 e. The number of hydrogen-bond acceptors (Lipinski definition) is 12. The molecule has 0 unspecified atom stereocenters. The van der Waals surface area contributed by atoms with Gasteiger partial charge in [-0.25, -0.2) is 4.57 Å². The highest BCUT2D eigenvalue weighted by Crippen LogP contribution is 2.40. The van der Waals surface area contributed by atoms with E-state index >= 15 is 0 Å². The van der Waals surface area contributed by atoms with Crippen LogP contribution < -0.4 is 0 Å². The van der Waals surface area contributed by atoms with Gasteiger partial charge in [0, 0.05) is 0 Å². The summed E-state index contributed by atoms with van der Waals surface area (Å²) in [7, 11) is -5.10. The Labute approximate surface area is 152 Å². The van der Waals surface area contributed by atoms with Crippen molar-refractivity contribution < 1.29 is 68.8 Å². The smallest absolute Gasteiger partial charge is 0.394 e. The van der Waals surface area contributed by atoms with Crippen molar-refractivity contribution in [1.82, 2.24) is 0 Å². The number of hydrogen-bond donors (Lipinski definition) is 9. The molecule has 160 valence electrons. The van der Waals surface area contributed by atoms with E-state index in [1.54, 1.807) is 0 Å². The second kappa shape index (κ2) is 9.02. The highest BCUT2D eigenvalue weighted by Gasteiger charge is 2.48. The summed E-state index contributed by atoms with van der Waals surface area (Å²) < 4.78 is 30.3. The average Bonchev–Trinajstić information content (AvgIpc) is 2.59. The highest BCUT2D eigenvalue weighted by atomic mass is 31.2. The third-order valence-corrected chi connectivity index (χ3v) is 4.67. The van der Waals surface area contributed by atoms with Crippen molar-refractivity contribution in [3.63, 3.8) is 0 Å². The van der Waals surface area contributed by atoms with Crippen LogP contribution in [0.2, 0.25) is 0 Å². The van der Waals surface area contributed by atoms with E-state index in [0.717, 1.165) is 0 Å². The molecule has 0 amide bonds. The quantitative estimate of drug-likeness (QED) is 0.182. The van der Waals surface area contributed by atoms with Gasteiger partial charge in [0.15, 0.2) is 12.6 Å². The molecule has 0 aromatic carbocycles. The molecule has 2 rings (SSSR count). The van der Waals surface area contributed by atoms with Gasteiger partial charge in [-0.15, -0.1) is 0 Å². The molecule has 0 spiro atoms. The number of phosphoric acid groups is 1. The minimum Gasteiger partial charge on any atom is -0.394 e. The predicted molar refractivity (Wildman–Crippen MR) is 79.5 cm³/mol. The zero-order valence-corrected chi connectivity index (χ0v) is 14.6. The third kappa shape index (κ3) is 5.41. The molecular weight excluding hydrogens is 399 g/mol. The summed E-state index contributed by atoms with van der Waals surface area (Å²) in [6.45, 7) is -1.34. The zero-order valence-electron chi connectivity index (χ0n) is 13.7. The van der Waals surface area contributed by atoms with Gasteiger partial charge in [-0.3, -0.25) is 4.52 Å². The monoisotopic (exact) mass is 422 g/mol. The predicted octanol–water partition coefficient (Wildman–Crippen LogP) is -5.28. The Hall–Kier alpha value is -0.290. The SMILES string of the molecule is O=P(O)(O)O[C@@H]1O[C@H](CO[C@H]2O[C@H](CO)[C@H](O)[C@H](O)[C@H]2O)[C@@H](O)[C@H](O)[C@H]1O. The molecule has 15 heteroatoms. The Morgan fingerprint density at radius 2 is 1.22 bits per heavy atom. The Kier molecular flexibility index (Phi) is 7.68. The number of phosphoric ester groups is 1. The summed E-state index contributed by atoms with van der Waals surface area (Å²) in [5.41, 5.74) is 0. The molecule has 0 radical (unpaired) electrons. The summed E-state index contributed by atoms with van der Waals surface area (Å²) in [6, 6.07) is 0. The molecule has 9 N–H and O–H groups in total. The van der Waals surface area contributed by atoms with Crippen molar-refractivity contribution in [2.24, 2.45) is 0 Å². The molecule has 2 aliphatic heterocycles. The molecule has 2 fully saturated rings. The van der Waals surface area contributed by atoms with Crippen LogP contribution >= 0.6 is 7.82 Å². The fraction of sp³-hybridized carbons (Fsp3) is 1.00. The Balaban J connectivity index is 2.01. The van der Waals surface area contributed by atoms with Crippen molar-refractivity contribution in [3.8, 4) is 0 Å². The molecule has 0 aromatic heterocycles. The van der Waals surface area contributed by atoms with E-state index in [1.165, 1.54) is 0 Å². The first-order valence-electron chi connectivity index (χ1n) is 7.82. The normalized spacial score (nSPS) is 46.4. The van der Waals surface area contributed by atoms with Crippen LogP contribution in [0.15, 0.2) is 0 Å². The fourth-order valence-electron chi connectivity index (χ4n) is 2.67. The van der Waals surface area contributed by atoms with Crippen LogP contribution in [0.5, 0.6) is 0 Å². The van der Waals surface area contributed by atoms with E-state index in [0.29, 0.717) is 0 Å². The Bertz CT molecular complexity index is 526. The van der Waals surface area contributed by atoms with Crippen LogP contribution in [0.4, 0.5) is 0 Å². The summed E-state index contributed by atoms with van der Waals surface area (Å²) in [5, 5.41) is 67.7. The second-order valence-electron chi connectivity index (χ2n) is 6.14. The summed E-state index contributed by atoms with van der Waals surface area (Å²) in [6.07, 6.45) is -17.0. The minimum absolute atomic E-state index is 0.644. The first-order valence-corrected chi connectivity index (χ1v) is 9.35. The van der Waals surface area contributed by atoms with Gasteiger partial charge in [0.25, 0.3) is 0 Å². The van der Waals surface area contributed by atoms with Crippen LogP contribution in [0.25, 0.3) is 0 Å². The van der Waals surface area contributed by atoms with Crippen molar-refractivity contribution in [2.45, 2.75) is 61.4 Å². The summed E-state index contributed by atoms with van der Waals surface area (Å²) in [4.78, 5) is 17.6. The van der Waals surface area contributed by atoms with E-state index in [-0.39, 0.29) is 0 Å². The minimum atomic E-state index is -5.10. The first-order chi connectivity index (χ1) is 12.5. The topological polar surface area (TPSA) is 236 Å². The molecule has 0 bridgehead atoms. The lowest BCUT2D eigenvalue weighted by atomic mass is 9.98. The first kappa shape index (κ1) is 23.0. The average molecular weight is 422 g/mol. The zero-order chi connectivity index (χ0) is 20.5. The lowest BCUT2D eigenvalue weighted by Gasteiger charge is -2.42. The fourth-order valence-corrected chi connectivity index (χ4v) is 3.12. The van der Waals surface area contributed by atoms with Gasteiger partial charge in [0.2, 0.25) is 0 Å².